The Morgan fingerprint density at radius 1 is 1.40 bits per heavy atom. The molecule has 1 N–H and O–H groups in total. The average Bonchev–Trinajstić information content (AvgIpc) is 2.22. The van der Waals surface area contributed by atoms with Gasteiger partial charge >= 0.3 is 0 Å². The first kappa shape index (κ1) is 11.2. The van der Waals surface area contributed by atoms with Gasteiger partial charge in [0, 0.05) is 5.41 Å². The van der Waals surface area contributed by atoms with Crippen molar-refractivity contribution in [3.8, 4) is 0 Å². The third-order valence-corrected chi connectivity index (χ3v) is 4.92. The van der Waals surface area contributed by atoms with E-state index in [4.69, 9.17) is 0 Å². The van der Waals surface area contributed by atoms with E-state index in [0.717, 1.165) is 12.3 Å². The summed E-state index contributed by atoms with van der Waals surface area (Å²) >= 11 is 0. The quantitative estimate of drug-likeness (QED) is 0.652. The van der Waals surface area contributed by atoms with Gasteiger partial charge < -0.3 is 5.11 Å². The van der Waals surface area contributed by atoms with Crippen LogP contribution in [-0.2, 0) is 0 Å². The Balaban J connectivity index is 2.36. The second-order valence-corrected chi connectivity index (χ2v) is 5.63. The third kappa shape index (κ3) is 1.65. The topological polar surface area (TPSA) is 20.2 Å². The highest BCUT2D eigenvalue weighted by Crippen LogP contribution is 2.51. The van der Waals surface area contributed by atoms with Gasteiger partial charge in [-0.25, -0.2) is 0 Å². The van der Waals surface area contributed by atoms with Gasteiger partial charge in [0.1, 0.15) is 0 Å². The highest BCUT2D eigenvalue weighted by Gasteiger charge is 2.43. The zero-order valence-corrected chi connectivity index (χ0v) is 10.3. The van der Waals surface area contributed by atoms with Crippen molar-refractivity contribution in [2.75, 3.05) is 0 Å². The predicted molar refractivity (Wildman–Crippen MR) is 63.7 cm³/mol. The number of aliphatic hydroxyl groups excluding tert-OH is 1. The van der Waals surface area contributed by atoms with E-state index >= 15 is 0 Å². The maximum absolute atomic E-state index is 10.2. The Morgan fingerprint density at radius 3 is 2.80 bits per heavy atom. The molecule has 1 heteroatoms. The van der Waals surface area contributed by atoms with Gasteiger partial charge in [-0.2, -0.15) is 0 Å². The lowest BCUT2D eigenvalue weighted by Gasteiger charge is -2.47. The molecule has 86 valence electrons. The Morgan fingerprint density at radius 2 is 2.13 bits per heavy atom. The second kappa shape index (κ2) is 3.93. The number of allylic oxidation sites excluding steroid dienone is 1. The molecule has 1 fully saturated rings. The van der Waals surface area contributed by atoms with E-state index in [2.05, 4.69) is 20.8 Å². The molecule has 3 unspecified atom stereocenters. The molecule has 0 aromatic heterocycles. The van der Waals surface area contributed by atoms with Crippen LogP contribution < -0.4 is 0 Å². The fourth-order valence-electron chi connectivity index (χ4n) is 3.69. The van der Waals surface area contributed by atoms with Crippen molar-refractivity contribution in [1.82, 2.24) is 0 Å². The summed E-state index contributed by atoms with van der Waals surface area (Å²) in [7, 11) is 0. The van der Waals surface area contributed by atoms with E-state index in [0.29, 0.717) is 0 Å². The van der Waals surface area contributed by atoms with Crippen LogP contribution in [0.4, 0.5) is 0 Å². The maximum atomic E-state index is 10.2. The predicted octanol–water partition coefficient (Wildman–Crippen LogP) is 3.67. The minimum atomic E-state index is -0.0889. The van der Waals surface area contributed by atoms with Crippen LogP contribution in [-0.4, -0.2) is 11.2 Å². The van der Waals surface area contributed by atoms with E-state index < -0.39 is 0 Å². The van der Waals surface area contributed by atoms with Crippen molar-refractivity contribution >= 4 is 0 Å². The first-order valence-corrected chi connectivity index (χ1v) is 6.47. The second-order valence-electron chi connectivity index (χ2n) is 5.63. The summed E-state index contributed by atoms with van der Waals surface area (Å²) in [6.45, 7) is 6.87. The third-order valence-electron chi connectivity index (χ3n) is 4.92. The molecule has 0 amide bonds. The minimum Gasteiger partial charge on any atom is -0.392 e. The van der Waals surface area contributed by atoms with Gasteiger partial charge in [0.05, 0.1) is 6.10 Å². The SMILES string of the molecule is CCC1CCC2(C)C(=C1C)CCCC2O. The molecule has 1 nitrogen and oxygen atoms in total. The lowest BCUT2D eigenvalue weighted by atomic mass is 9.60. The summed E-state index contributed by atoms with van der Waals surface area (Å²) in [5.41, 5.74) is 3.32. The zero-order valence-electron chi connectivity index (χ0n) is 10.3. The molecule has 3 atom stereocenters. The van der Waals surface area contributed by atoms with Crippen LogP contribution in [0.2, 0.25) is 0 Å². The van der Waals surface area contributed by atoms with E-state index in [1.54, 1.807) is 11.1 Å². The van der Waals surface area contributed by atoms with Crippen molar-refractivity contribution in [3.05, 3.63) is 11.1 Å². The number of hydrogen-bond acceptors (Lipinski definition) is 1. The molecule has 0 radical (unpaired) electrons. The van der Waals surface area contributed by atoms with Gasteiger partial charge in [-0.3, -0.25) is 0 Å². The molecule has 1 saturated carbocycles. The van der Waals surface area contributed by atoms with Crippen molar-refractivity contribution in [2.24, 2.45) is 11.3 Å². The number of rotatable bonds is 1. The fourth-order valence-corrected chi connectivity index (χ4v) is 3.69. The van der Waals surface area contributed by atoms with Gasteiger partial charge in [-0.05, 0) is 51.4 Å². The van der Waals surface area contributed by atoms with Crippen molar-refractivity contribution in [2.45, 2.75) is 65.4 Å². The summed E-state index contributed by atoms with van der Waals surface area (Å²) in [6, 6.07) is 0. The molecule has 2 aliphatic rings. The highest BCUT2D eigenvalue weighted by molar-refractivity contribution is 5.28. The van der Waals surface area contributed by atoms with E-state index in [-0.39, 0.29) is 11.5 Å². The fraction of sp³-hybridized carbons (Fsp3) is 0.857. The van der Waals surface area contributed by atoms with Gasteiger partial charge in [0.2, 0.25) is 0 Å². The van der Waals surface area contributed by atoms with E-state index in [9.17, 15) is 5.11 Å². The van der Waals surface area contributed by atoms with Crippen LogP contribution in [0.25, 0.3) is 0 Å². The molecule has 0 aliphatic heterocycles. The Bertz CT molecular complexity index is 279. The monoisotopic (exact) mass is 208 g/mol. The van der Waals surface area contributed by atoms with E-state index in [1.165, 1.54) is 32.1 Å². The standard InChI is InChI=1S/C14H24O/c1-4-11-8-9-14(3)12(10(11)2)6-5-7-13(14)15/h11,13,15H,4-9H2,1-3H3. The van der Waals surface area contributed by atoms with Crippen LogP contribution in [0.1, 0.15) is 59.3 Å². The summed E-state index contributed by atoms with van der Waals surface area (Å²) in [6.07, 6.45) is 7.06. The van der Waals surface area contributed by atoms with Crippen molar-refractivity contribution in [1.29, 1.82) is 0 Å². The molecular weight excluding hydrogens is 184 g/mol. The molecule has 15 heavy (non-hydrogen) atoms. The smallest absolute Gasteiger partial charge is 0.0631 e. The zero-order chi connectivity index (χ0) is 11.1. The molecule has 2 aliphatic carbocycles. The van der Waals surface area contributed by atoms with Crippen molar-refractivity contribution < 1.29 is 5.11 Å². The number of hydrogen-bond donors (Lipinski definition) is 1. The molecule has 0 saturated heterocycles. The highest BCUT2D eigenvalue weighted by atomic mass is 16.3. The first-order chi connectivity index (χ1) is 7.09. The normalized spacial score (nSPS) is 41.6. The molecule has 0 bridgehead atoms. The Labute approximate surface area is 93.6 Å². The lowest BCUT2D eigenvalue weighted by molar-refractivity contribution is 0.0202. The molecule has 0 aromatic rings. The Kier molecular flexibility index (Phi) is 2.94. The molecule has 2 rings (SSSR count). The van der Waals surface area contributed by atoms with Crippen LogP contribution >= 0.6 is 0 Å². The number of fused-ring (bicyclic) bond motifs is 1. The molecule has 0 aromatic carbocycles. The van der Waals surface area contributed by atoms with Gasteiger partial charge in [0.15, 0.2) is 0 Å². The largest absolute Gasteiger partial charge is 0.392 e. The summed E-state index contributed by atoms with van der Waals surface area (Å²) in [5, 5.41) is 10.2. The first-order valence-electron chi connectivity index (χ1n) is 6.47. The van der Waals surface area contributed by atoms with Gasteiger partial charge in [-0.15, -0.1) is 0 Å². The van der Waals surface area contributed by atoms with Gasteiger partial charge in [0.25, 0.3) is 0 Å². The molecular formula is C14H24O. The van der Waals surface area contributed by atoms with E-state index in [1.807, 2.05) is 0 Å². The van der Waals surface area contributed by atoms with Gasteiger partial charge in [-0.1, -0.05) is 25.0 Å². The summed E-state index contributed by atoms with van der Waals surface area (Å²) in [5.74, 6) is 0.790. The minimum absolute atomic E-state index is 0.0889. The van der Waals surface area contributed by atoms with Crippen molar-refractivity contribution in [3.63, 3.8) is 0 Å². The number of aliphatic hydroxyl groups is 1. The summed E-state index contributed by atoms with van der Waals surface area (Å²) < 4.78 is 0. The van der Waals surface area contributed by atoms with Crippen LogP contribution in [0, 0.1) is 11.3 Å². The molecule has 0 heterocycles. The van der Waals surface area contributed by atoms with Crippen LogP contribution in [0.5, 0.6) is 0 Å². The Hall–Kier alpha value is -0.300. The average molecular weight is 208 g/mol. The molecule has 0 spiro atoms. The lowest BCUT2D eigenvalue weighted by Crippen LogP contribution is -2.41. The van der Waals surface area contributed by atoms with Crippen LogP contribution in [0.15, 0.2) is 11.1 Å². The maximum Gasteiger partial charge on any atom is 0.0631 e. The summed E-state index contributed by atoms with van der Waals surface area (Å²) in [4.78, 5) is 0. The van der Waals surface area contributed by atoms with Crippen LogP contribution in [0.3, 0.4) is 0 Å².